The van der Waals surface area contributed by atoms with Crippen LogP contribution in [0.25, 0.3) is 0 Å². The summed E-state index contributed by atoms with van der Waals surface area (Å²) in [6.07, 6.45) is 1.82. The predicted octanol–water partition coefficient (Wildman–Crippen LogP) is 3.11. The molecule has 0 atom stereocenters. The summed E-state index contributed by atoms with van der Waals surface area (Å²) in [6, 6.07) is 11.2. The van der Waals surface area contributed by atoms with Crippen LogP contribution < -0.4 is 10.1 Å². The maximum absolute atomic E-state index is 9.11. The highest BCUT2D eigenvalue weighted by atomic mass is 16.5. The van der Waals surface area contributed by atoms with Gasteiger partial charge < -0.3 is 15.2 Å². The number of nitrogens with zero attached hydrogens (tertiary/aromatic N) is 1. The van der Waals surface area contributed by atoms with Gasteiger partial charge in [-0.05, 0) is 35.7 Å². The van der Waals surface area contributed by atoms with Crippen LogP contribution in [0.2, 0.25) is 0 Å². The van der Waals surface area contributed by atoms with E-state index in [0.717, 1.165) is 24.2 Å². The molecular weight excluding hydrogens is 264 g/mol. The van der Waals surface area contributed by atoms with E-state index in [4.69, 9.17) is 9.84 Å². The monoisotopic (exact) mass is 286 g/mol. The number of pyridine rings is 1. The smallest absolute Gasteiger partial charge is 0.219 e. The van der Waals surface area contributed by atoms with Crippen molar-refractivity contribution in [1.82, 2.24) is 10.3 Å². The predicted molar refractivity (Wildman–Crippen MR) is 83.2 cm³/mol. The summed E-state index contributed by atoms with van der Waals surface area (Å²) in [5, 5.41) is 12.5. The normalized spacial score (nSPS) is 10.9. The Morgan fingerprint density at radius 1 is 1.19 bits per heavy atom. The molecule has 0 amide bonds. The molecule has 0 aliphatic rings. The number of rotatable bonds is 7. The fourth-order valence-corrected chi connectivity index (χ4v) is 1.91. The molecule has 1 aromatic carbocycles. The lowest BCUT2D eigenvalue weighted by Gasteiger charge is -2.09. The lowest BCUT2D eigenvalue weighted by atomic mass is 10.2. The van der Waals surface area contributed by atoms with E-state index in [-0.39, 0.29) is 6.61 Å². The van der Waals surface area contributed by atoms with Gasteiger partial charge in [0.15, 0.2) is 0 Å². The van der Waals surface area contributed by atoms with Crippen molar-refractivity contribution >= 4 is 0 Å². The zero-order valence-electron chi connectivity index (χ0n) is 12.5. The Morgan fingerprint density at radius 2 is 2.05 bits per heavy atom. The minimum atomic E-state index is 0.00505. The molecule has 2 rings (SSSR count). The van der Waals surface area contributed by atoms with Crippen LogP contribution in [0.15, 0.2) is 42.6 Å². The van der Waals surface area contributed by atoms with E-state index in [2.05, 4.69) is 24.1 Å². The van der Waals surface area contributed by atoms with Crippen molar-refractivity contribution in [3.63, 3.8) is 0 Å². The fourth-order valence-electron chi connectivity index (χ4n) is 1.91. The molecule has 0 radical (unpaired) electrons. The van der Waals surface area contributed by atoms with Crippen molar-refractivity contribution in [1.29, 1.82) is 0 Å². The summed E-state index contributed by atoms with van der Waals surface area (Å²) in [7, 11) is 0. The first kappa shape index (κ1) is 15.5. The van der Waals surface area contributed by atoms with Crippen molar-refractivity contribution in [3.05, 3.63) is 53.7 Å². The summed E-state index contributed by atoms with van der Waals surface area (Å²) in [6.45, 7) is 6.17. The van der Waals surface area contributed by atoms with Crippen LogP contribution in [0.5, 0.6) is 11.6 Å². The largest absolute Gasteiger partial charge is 0.439 e. The highest BCUT2D eigenvalue weighted by Gasteiger charge is 2.01. The molecule has 0 aliphatic carbocycles. The van der Waals surface area contributed by atoms with Gasteiger partial charge in [0, 0.05) is 18.8 Å². The molecule has 0 unspecified atom stereocenters. The van der Waals surface area contributed by atoms with Gasteiger partial charge in [-0.15, -0.1) is 0 Å². The van der Waals surface area contributed by atoms with Crippen LogP contribution in [0.3, 0.4) is 0 Å². The van der Waals surface area contributed by atoms with Crippen LogP contribution in [-0.2, 0) is 13.2 Å². The first-order chi connectivity index (χ1) is 10.2. The minimum absolute atomic E-state index is 0.00505. The van der Waals surface area contributed by atoms with Crippen molar-refractivity contribution in [2.45, 2.75) is 27.0 Å². The molecule has 4 nitrogen and oxygen atoms in total. The van der Waals surface area contributed by atoms with E-state index >= 15 is 0 Å². The third-order valence-electron chi connectivity index (χ3n) is 2.98. The van der Waals surface area contributed by atoms with Crippen molar-refractivity contribution in [2.24, 2.45) is 5.92 Å². The van der Waals surface area contributed by atoms with Gasteiger partial charge in [-0.3, -0.25) is 0 Å². The van der Waals surface area contributed by atoms with Gasteiger partial charge in [-0.25, -0.2) is 4.98 Å². The topological polar surface area (TPSA) is 54.4 Å². The standard InChI is InChI=1S/C17H22N2O2/c1-13(2)9-18-10-15-6-7-17(19-11-15)21-16-5-3-4-14(8-16)12-20/h3-8,11,13,18,20H,9-10,12H2,1-2H3. The number of hydrogen-bond donors (Lipinski definition) is 2. The average Bonchev–Trinajstić information content (AvgIpc) is 2.49. The molecule has 1 heterocycles. The number of aliphatic hydroxyl groups is 1. The lowest BCUT2D eigenvalue weighted by molar-refractivity contribution is 0.281. The second kappa shape index (κ2) is 7.76. The van der Waals surface area contributed by atoms with Crippen LogP contribution in [0.4, 0.5) is 0 Å². The number of aromatic nitrogens is 1. The van der Waals surface area contributed by atoms with E-state index in [1.807, 2.05) is 36.5 Å². The van der Waals surface area contributed by atoms with Gasteiger partial charge in [0.05, 0.1) is 6.61 Å². The molecule has 1 aromatic heterocycles. The average molecular weight is 286 g/mol. The molecule has 0 saturated heterocycles. The Morgan fingerprint density at radius 3 is 2.71 bits per heavy atom. The third-order valence-corrected chi connectivity index (χ3v) is 2.98. The summed E-state index contributed by atoms with van der Waals surface area (Å²) < 4.78 is 5.68. The first-order valence-corrected chi connectivity index (χ1v) is 7.20. The molecule has 0 saturated carbocycles. The molecule has 0 aliphatic heterocycles. The van der Waals surface area contributed by atoms with E-state index in [1.165, 1.54) is 0 Å². The van der Waals surface area contributed by atoms with Crippen LogP contribution >= 0.6 is 0 Å². The Bertz CT molecular complexity index is 553. The maximum atomic E-state index is 9.11. The van der Waals surface area contributed by atoms with Crippen LogP contribution in [0.1, 0.15) is 25.0 Å². The Labute approximate surface area is 125 Å². The molecule has 0 fully saturated rings. The quantitative estimate of drug-likeness (QED) is 0.821. The number of nitrogens with one attached hydrogen (secondary N) is 1. The lowest BCUT2D eigenvalue weighted by Crippen LogP contribution is -2.18. The number of aliphatic hydroxyl groups excluding tert-OH is 1. The molecule has 4 heteroatoms. The van der Waals surface area contributed by atoms with E-state index < -0.39 is 0 Å². The van der Waals surface area contributed by atoms with Crippen LogP contribution in [-0.4, -0.2) is 16.6 Å². The van der Waals surface area contributed by atoms with Crippen molar-refractivity contribution in [3.8, 4) is 11.6 Å². The molecule has 0 bridgehead atoms. The summed E-state index contributed by atoms with van der Waals surface area (Å²) in [5.41, 5.74) is 1.95. The summed E-state index contributed by atoms with van der Waals surface area (Å²) >= 11 is 0. The number of benzene rings is 1. The minimum Gasteiger partial charge on any atom is -0.439 e. The Balaban J connectivity index is 1.92. The second-order valence-electron chi connectivity index (χ2n) is 5.44. The number of ether oxygens (including phenoxy) is 1. The van der Waals surface area contributed by atoms with Gasteiger partial charge in [0.25, 0.3) is 0 Å². The van der Waals surface area contributed by atoms with E-state index in [9.17, 15) is 0 Å². The van der Waals surface area contributed by atoms with E-state index in [0.29, 0.717) is 17.5 Å². The van der Waals surface area contributed by atoms with Crippen molar-refractivity contribution in [2.75, 3.05) is 6.54 Å². The van der Waals surface area contributed by atoms with E-state index in [1.54, 1.807) is 6.07 Å². The zero-order valence-corrected chi connectivity index (χ0v) is 12.5. The summed E-state index contributed by atoms with van der Waals surface area (Å²) in [4.78, 5) is 4.30. The molecule has 2 N–H and O–H groups in total. The fraction of sp³-hybridized carbons (Fsp3) is 0.353. The first-order valence-electron chi connectivity index (χ1n) is 7.20. The van der Waals surface area contributed by atoms with Crippen LogP contribution in [0, 0.1) is 5.92 Å². The molecular formula is C17H22N2O2. The highest BCUT2D eigenvalue weighted by Crippen LogP contribution is 2.20. The van der Waals surface area contributed by atoms with Gasteiger partial charge in [0.1, 0.15) is 5.75 Å². The Hall–Kier alpha value is -1.91. The molecule has 2 aromatic rings. The van der Waals surface area contributed by atoms with Crippen molar-refractivity contribution < 1.29 is 9.84 Å². The second-order valence-corrected chi connectivity index (χ2v) is 5.44. The van der Waals surface area contributed by atoms with Gasteiger partial charge >= 0.3 is 0 Å². The summed E-state index contributed by atoms with van der Waals surface area (Å²) in [5.74, 6) is 1.87. The number of hydrogen-bond acceptors (Lipinski definition) is 4. The maximum Gasteiger partial charge on any atom is 0.219 e. The SMILES string of the molecule is CC(C)CNCc1ccc(Oc2cccc(CO)c2)nc1. The molecule has 0 spiro atoms. The Kier molecular flexibility index (Phi) is 5.72. The highest BCUT2D eigenvalue weighted by molar-refractivity contribution is 5.31. The zero-order chi connectivity index (χ0) is 15.1. The third kappa shape index (κ3) is 5.17. The molecule has 112 valence electrons. The van der Waals surface area contributed by atoms with Gasteiger partial charge in [0.2, 0.25) is 5.88 Å². The van der Waals surface area contributed by atoms with Gasteiger partial charge in [-0.2, -0.15) is 0 Å². The van der Waals surface area contributed by atoms with Gasteiger partial charge in [-0.1, -0.05) is 32.0 Å². The molecule has 21 heavy (non-hydrogen) atoms.